The second kappa shape index (κ2) is 5.49. The van der Waals surface area contributed by atoms with E-state index in [9.17, 15) is 4.79 Å². The van der Waals surface area contributed by atoms with Gasteiger partial charge in [-0.15, -0.1) is 11.3 Å². The quantitative estimate of drug-likeness (QED) is 0.724. The average Bonchev–Trinajstić information content (AvgIpc) is 2.91. The molecule has 0 bridgehead atoms. The molecule has 0 aliphatic carbocycles. The van der Waals surface area contributed by atoms with Crippen LogP contribution in [0.2, 0.25) is 0 Å². The normalized spacial score (nSPS) is 12.7. The molecular weight excluding hydrogens is 240 g/mol. The molecule has 1 aromatic heterocycles. The van der Waals surface area contributed by atoms with E-state index in [0.29, 0.717) is 11.8 Å². The fourth-order valence-corrected chi connectivity index (χ4v) is 2.56. The van der Waals surface area contributed by atoms with E-state index in [0.717, 1.165) is 10.4 Å². The molecule has 0 aliphatic heterocycles. The summed E-state index contributed by atoms with van der Waals surface area (Å²) < 4.78 is 0. The van der Waals surface area contributed by atoms with Crippen molar-refractivity contribution in [3.8, 4) is 0 Å². The monoisotopic (exact) mass is 258 g/mol. The number of carbonyl (C=O) groups is 1. The Morgan fingerprint density at radius 3 is 2.22 bits per heavy atom. The topological polar surface area (TPSA) is 17.1 Å². The van der Waals surface area contributed by atoms with Crippen molar-refractivity contribution in [2.75, 3.05) is 0 Å². The van der Waals surface area contributed by atoms with Crippen LogP contribution in [0.25, 0.3) is 0 Å². The number of hydrogen-bond acceptors (Lipinski definition) is 2. The lowest BCUT2D eigenvalue weighted by Crippen LogP contribution is -2.03. The smallest absolute Gasteiger partial charge is 0.202 e. The van der Waals surface area contributed by atoms with Crippen molar-refractivity contribution in [3.05, 3.63) is 57.8 Å². The van der Waals surface area contributed by atoms with E-state index >= 15 is 0 Å². The summed E-state index contributed by atoms with van der Waals surface area (Å²) in [6.07, 6.45) is 0. The maximum Gasteiger partial charge on any atom is 0.202 e. The maximum absolute atomic E-state index is 12.1. The third kappa shape index (κ3) is 2.70. The molecule has 0 saturated carbocycles. The molecule has 0 amide bonds. The third-order valence-electron chi connectivity index (χ3n) is 3.44. The number of hydrogen-bond donors (Lipinski definition) is 0. The van der Waals surface area contributed by atoms with Crippen LogP contribution in [0.3, 0.4) is 0 Å². The minimum Gasteiger partial charge on any atom is -0.288 e. The highest BCUT2D eigenvalue weighted by Crippen LogP contribution is 2.24. The fraction of sp³-hybridized carbons (Fsp3) is 0.312. The van der Waals surface area contributed by atoms with Gasteiger partial charge in [-0.3, -0.25) is 4.79 Å². The van der Waals surface area contributed by atoms with Gasteiger partial charge in [0.2, 0.25) is 5.78 Å². The standard InChI is InChI=1S/C16H18OS/c1-11(2)12(3)13-6-8-14(9-7-13)16(17)15-5-4-10-18-15/h4-12H,1-3H3. The van der Waals surface area contributed by atoms with Gasteiger partial charge in [0, 0.05) is 5.56 Å². The molecule has 1 atom stereocenters. The van der Waals surface area contributed by atoms with Crippen molar-refractivity contribution in [1.82, 2.24) is 0 Å². The zero-order chi connectivity index (χ0) is 13.1. The van der Waals surface area contributed by atoms with Gasteiger partial charge in [-0.1, -0.05) is 51.1 Å². The maximum atomic E-state index is 12.1. The van der Waals surface area contributed by atoms with Crippen molar-refractivity contribution >= 4 is 17.1 Å². The van der Waals surface area contributed by atoms with E-state index in [1.54, 1.807) is 0 Å². The van der Waals surface area contributed by atoms with Crippen LogP contribution in [0.15, 0.2) is 41.8 Å². The second-order valence-corrected chi connectivity index (χ2v) is 5.91. The van der Waals surface area contributed by atoms with Crippen LogP contribution < -0.4 is 0 Å². The Balaban J connectivity index is 2.20. The number of rotatable bonds is 4. The van der Waals surface area contributed by atoms with E-state index in [-0.39, 0.29) is 5.78 Å². The summed E-state index contributed by atoms with van der Waals surface area (Å²) in [6, 6.07) is 11.8. The van der Waals surface area contributed by atoms with Gasteiger partial charge >= 0.3 is 0 Å². The van der Waals surface area contributed by atoms with Crippen molar-refractivity contribution in [1.29, 1.82) is 0 Å². The summed E-state index contributed by atoms with van der Waals surface area (Å²) in [5.41, 5.74) is 2.07. The summed E-state index contributed by atoms with van der Waals surface area (Å²) in [5.74, 6) is 1.26. The zero-order valence-electron chi connectivity index (χ0n) is 11.0. The van der Waals surface area contributed by atoms with Gasteiger partial charge in [0.15, 0.2) is 0 Å². The van der Waals surface area contributed by atoms with Gasteiger partial charge < -0.3 is 0 Å². The molecule has 1 nitrogen and oxygen atoms in total. The minimum atomic E-state index is 0.119. The first-order valence-corrected chi connectivity index (χ1v) is 7.15. The van der Waals surface area contributed by atoms with Crippen LogP contribution in [-0.4, -0.2) is 5.78 Å². The van der Waals surface area contributed by atoms with E-state index in [1.165, 1.54) is 16.9 Å². The van der Waals surface area contributed by atoms with Crippen LogP contribution in [0.4, 0.5) is 0 Å². The summed E-state index contributed by atoms with van der Waals surface area (Å²) in [7, 11) is 0. The van der Waals surface area contributed by atoms with Crippen molar-refractivity contribution in [2.45, 2.75) is 26.7 Å². The van der Waals surface area contributed by atoms with Crippen LogP contribution in [0.1, 0.15) is 47.5 Å². The molecule has 2 rings (SSSR count). The van der Waals surface area contributed by atoms with Crippen molar-refractivity contribution < 1.29 is 4.79 Å². The highest BCUT2D eigenvalue weighted by molar-refractivity contribution is 7.12. The molecule has 0 fully saturated rings. The zero-order valence-corrected chi connectivity index (χ0v) is 11.8. The van der Waals surface area contributed by atoms with Gasteiger partial charge in [-0.2, -0.15) is 0 Å². The predicted molar refractivity (Wildman–Crippen MR) is 77.4 cm³/mol. The van der Waals surface area contributed by atoms with E-state index in [1.807, 2.05) is 29.6 Å². The Hall–Kier alpha value is -1.41. The molecule has 2 aromatic rings. The first-order valence-electron chi connectivity index (χ1n) is 6.27. The molecule has 0 saturated heterocycles. The first kappa shape index (κ1) is 13.0. The molecule has 0 aliphatic rings. The van der Waals surface area contributed by atoms with Gasteiger partial charge in [-0.05, 0) is 28.8 Å². The van der Waals surface area contributed by atoms with Crippen molar-refractivity contribution in [3.63, 3.8) is 0 Å². The lowest BCUT2D eigenvalue weighted by atomic mass is 9.89. The summed E-state index contributed by atoms with van der Waals surface area (Å²) in [6.45, 7) is 6.66. The summed E-state index contributed by atoms with van der Waals surface area (Å²) in [5, 5.41) is 1.93. The predicted octanol–water partition coefficient (Wildman–Crippen LogP) is 4.74. The second-order valence-electron chi connectivity index (χ2n) is 4.96. The van der Waals surface area contributed by atoms with Crippen LogP contribution in [0.5, 0.6) is 0 Å². The van der Waals surface area contributed by atoms with E-state index in [2.05, 4.69) is 32.9 Å². The van der Waals surface area contributed by atoms with Crippen LogP contribution in [0, 0.1) is 5.92 Å². The Morgan fingerprint density at radius 1 is 1.06 bits per heavy atom. The molecule has 94 valence electrons. The molecule has 1 heterocycles. The molecule has 0 spiro atoms. The third-order valence-corrected chi connectivity index (χ3v) is 4.31. The number of carbonyl (C=O) groups excluding carboxylic acids is 1. The van der Waals surface area contributed by atoms with Gasteiger partial charge in [0.25, 0.3) is 0 Å². The molecule has 1 aromatic carbocycles. The molecule has 2 heteroatoms. The Kier molecular flexibility index (Phi) is 3.97. The van der Waals surface area contributed by atoms with E-state index in [4.69, 9.17) is 0 Å². The lowest BCUT2D eigenvalue weighted by Gasteiger charge is -2.15. The van der Waals surface area contributed by atoms with Crippen LogP contribution >= 0.6 is 11.3 Å². The van der Waals surface area contributed by atoms with E-state index < -0.39 is 0 Å². The first-order chi connectivity index (χ1) is 8.59. The van der Waals surface area contributed by atoms with Crippen LogP contribution in [-0.2, 0) is 0 Å². The SMILES string of the molecule is CC(C)C(C)c1ccc(C(=O)c2cccs2)cc1. The molecule has 0 N–H and O–H groups in total. The minimum absolute atomic E-state index is 0.119. The average molecular weight is 258 g/mol. The van der Waals surface area contributed by atoms with Gasteiger partial charge in [0.05, 0.1) is 4.88 Å². The van der Waals surface area contributed by atoms with Gasteiger partial charge in [-0.25, -0.2) is 0 Å². The molecular formula is C16H18OS. The Bertz CT molecular complexity index is 509. The number of thiophene rings is 1. The highest BCUT2D eigenvalue weighted by Gasteiger charge is 2.12. The fourth-order valence-electron chi connectivity index (χ4n) is 1.87. The Labute approximate surface area is 112 Å². The summed E-state index contributed by atoms with van der Waals surface area (Å²) >= 11 is 1.49. The molecule has 18 heavy (non-hydrogen) atoms. The van der Waals surface area contributed by atoms with Crippen molar-refractivity contribution in [2.24, 2.45) is 5.92 Å². The Morgan fingerprint density at radius 2 is 1.72 bits per heavy atom. The number of ketones is 1. The largest absolute Gasteiger partial charge is 0.288 e. The highest BCUT2D eigenvalue weighted by atomic mass is 32.1. The van der Waals surface area contributed by atoms with Gasteiger partial charge in [0.1, 0.15) is 0 Å². The summed E-state index contributed by atoms with van der Waals surface area (Å²) in [4.78, 5) is 12.9. The number of benzene rings is 1. The molecule has 1 unspecified atom stereocenters. The lowest BCUT2D eigenvalue weighted by molar-refractivity contribution is 0.104. The molecule has 0 radical (unpaired) electrons.